The fraction of sp³-hybridized carbons (Fsp3) is 0.571. The minimum atomic E-state index is 0.854. The monoisotopic (exact) mass is 216 g/mol. The van der Waals surface area contributed by atoms with Crippen LogP contribution in [-0.2, 0) is 13.0 Å². The van der Waals surface area contributed by atoms with Gasteiger partial charge in [-0.15, -0.1) is 0 Å². The van der Waals surface area contributed by atoms with Crippen molar-refractivity contribution in [2.75, 3.05) is 24.5 Å². The van der Waals surface area contributed by atoms with E-state index in [0.717, 1.165) is 19.0 Å². The van der Waals surface area contributed by atoms with E-state index in [1.165, 1.54) is 31.6 Å². The molecule has 1 aromatic carbocycles. The molecule has 3 rings (SSSR count). The highest BCUT2D eigenvalue weighted by atomic mass is 15.2. The zero-order valence-electron chi connectivity index (χ0n) is 10.00. The lowest BCUT2D eigenvalue weighted by atomic mass is 9.99. The molecule has 0 spiro atoms. The number of hydrogen-bond donors (Lipinski definition) is 1. The van der Waals surface area contributed by atoms with Gasteiger partial charge in [0.15, 0.2) is 0 Å². The van der Waals surface area contributed by atoms with Gasteiger partial charge in [-0.1, -0.05) is 19.1 Å². The van der Waals surface area contributed by atoms with E-state index in [-0.39, 0.29) is 0 Å². The molecule has 0 bridgehead atoms. The Balaban J connectivity index is 1.94. The molecule has 86 valence electrons. The van der Waals surface area contributed by atoms with Gasteiger partial charge in [-0.05, 0) is 42.5 Å². The molecule has 0 aliphatic carbocycles. The summed E-state index contributed by atoms with van der Waals surface area (Å²) in [5, 5.41) is 3.49. The van der Waals surface area contributed by atoms with E-state index in [9.17, 15) is 0 Å². The van der Waals surface area contributed by atoms with Crippen LogP contribution in [0.5, 0.6) is 0 Å². The molecule has 0 saturated carbocycles. The molecule has 2 nitrogen and oxygen atoms in total. The van der Waals surface area contributed by atoms with Crippen LogP contribution in [0.25, 0.3) is 0 Å². The van der Waals surface area contributed by atoms with Gasteiger partial charge in [0.05, 0.1) is 0 Å². The summed E-state index contributed by atoms with van der Waals surface area (Å²) in [5.41, 5.74) is 4.58. The highest BCUT2D eigenvalue weighted by Crippen LogP contribution is 2.30. The fourth-order valence-corrected chi connectivity index (χ4v) is 2.95. The molecule has 1 aromatic rings. The second-order valence-electron chi connectivity index (χ2n) is 5.18. The Hall–Kier alpha value is -1.02. The topological polar surface area (TPSA) is 15.3 Å². The lowest BCUT2D eigenvalue weighted by Crippen LogP contribution is -2.28. The van der Waals surface area contributed by atoms with Crippen LogP contribution in [0, 0.1) is 5.92 Å². The van der Waals surface area contributed by atoms with Crippen LogP contribution in [-0.4, -0.2) is 19.6 Å². The van der Waals surface area contributed by atoms with E-state index >= 15 is 0 Å². The second-order valence-corrected chi connectivity index (χ2v) is 5.18. The van der Waals surface area contributed by atoms with Crippen molar-refractivity contribution in [1.29, 1.82) is 0 Å². The second kappa shape index (κ2) is 4.10. The summed E-state index contributed by atoms with van der Waals surface area (Å²) in [4.78, 5) is 2.57. The molecular weight excluding hydrogens is 196 g/mol. The van der Waals surface area contributed by atoms with Crippen LogP contribution in [0.1, 0.15) is 24.5 Å². The summed E-state index contributed by atoms with van der Waals surface area (Å²) in [7, 11) is 0. The summed E-state index contributed by atoms with van der Waals surface area (Å²) in [6.45, 7) is 7.00. The minimum Gasteiger partial charge on any atom is -0.371 e. The van der Waals surface area contributed by atoms with E-state index in [0.29, 0.717) is 0 Å². The Labute approximate surface area is 97.6 Å². The molecule has 1 fully saturated rings. The maximum absolute atomic E-state index is 3.49. The van der Waals surface area contributed by atoms with E-state index in [1.54, 1.807) is 11.1 Å². The maximum atomic E-state index is 3.49. The molecule has 2 heterocycles. The molecule has 2 aliphatic heterocycles. The predicted molar refractivity (Wildman–Crippen MR) is 67.8 cm³/mol. The van der Waals surface area contributed by atoms with Crippen molar-refractivity contribution in [2.24, 2.45) is 5.92 Å². The first-order valence-electron chi connectivity index (χ1n) is 6.41. The molecule has 2 aliphatic rings. The molecule has 1 N–H and O–H groups in total. The number of rotatable bonds is 1. The van der Waals surface area contributed by atoms with Crippen LogP contribution in [0.4, 0.5) is 5.69 Å². The van der Waals surface area contributed by atoms with E-state index in [1.807, 2.05) is 0 Å². The highest BCUT2D eigenvalue weighted by Gasteiger charge is 2.22. The summed E-state index contributed by atoms with van der Waals surface area (Å²) in [6.07, 6.45) is 2.53. The Kier molecular flexibility index (Phi) is 2.60. The summed E-state index contributed by atoms with van der Waals surface area (Å²) in [5.74, 6) is 0.854. The average Bonchev–Trinajstić information content (AvgIpc) is 2.75. The molecule has 1 unspecified atom stereocenters. The third-order valence-electron chi connectivity index (χ3n) is 3.89. The van der Waals surface area contributed by atoms with Gasteiger partial charge in [-0.2, -0.15) is 0 Å². The van der Waals surface area contributed by atoms with Crippen molar-refractivity contribution in [3.8, 4) is 0 Å². The van der Waals surface area contributed by atoms with Gasteiger partial charge >= 0.3 is 0 Å². The fourth-order valence-electron chi connectivity index (χ4n) is 2.95. The van der Waals surface area contributed by atoms with Crippen molar-refractivity contribution >= 4 is 5.69 Å². The van der Waals surface area contributed by atoms with Crippen molar-refractivity contribution in [3.05, 3.63) is 29.3 Å². The number of benzene rings is 1. The first-order valence-corrected chi connectivity index (χ1v) is 6.41. The molecule has 1 saturated heterocycles. The van der Waals surface area contributed by atoms with Crippen molar-refractivity contribution in [3.63, 3.8) is 0 Å². The molecule has 0 amide bonds. The highest BCUT2D eigenvalue weighted by molar-refractivity contribution is 5.58. The number of nitrogens with one attached hydrogen (secondary N) is 1. The molecule has 0 aromatic heterocycles. The molecule has 2 heteroatoms. The standard InChI is InChI=1S/C14H20N2/c1-11-6-8-16(10-11)14-4-2-3-12-5-7-15-9-13(12)14/h2-4,11,15H,5-10H2,1H3. The van der Waals surface area contributed by atoms with Crippen molar-refractivity contribution in [1.82, 2.24) is 5.32 Å². The Morgan fingerprint density at radius 1 is 1.38 bits per heavy atom. The van der Waals surface area contributed by atoms with E-state index in [4.69, 9.17) is 0 Å². The van der Waals surface area contributed by atoms with Gasteiger partial charge in [0.1, 0.15) is 0 Å². The lowest BCUT2D eigenvalue weighted by molar-refractivity contribution is 0.639. The van der Waals surface area contributed by atoms with Crippen molar-refractivity contribution < 1.29 is 0 Å². The smallest absolute Gasteiger partial charge is 0.0414 e. The van der Waals surface area contributed by atoms with E-state index < -0.39 is 0 Å². The minimum absolute atomic E-state index is 0.854. The van der Waals surface area contributed by atoms with Gasteiger partial charge in [0.25, 0.3) is 0 Å². The van der Waals surface area contributed by atoms with Crippen molar-refractivity contribution in [2.45, 2.75) is 26.3 Å². The van der Waals surface area contributed by atoms with Crippen LogP contribution < -0.4 is 10.2 Å². The Morgan fingerprint density at radius 3 is 3.12 bits per heavy atom. The number of anilines is 1. The van der Waals surface area contributed by atoms with Crippen LogP contribution in [0.15, 0.2) is 18.2 Å². The summed E-state index contributed by atoms with van der Waals surface area (Å²) >= 11 is 0. The molecule has 16 heavy (non-hydrogen) atoms. The van der Waals surface area contributed by atoms with Gasteiger partial charge in [0.2, 0.25) is 0 Å². The molecule has 1 atom stereocenters. The van der Waals surface area contributed by atoms with E-state index in [2.05, 4.69) is 35.3 Å². The largest absolute Gasteiger partial charge is 0.371 e. The predicted octanol–water partition coefficient (Wildman–Crippen LogP) is 2.18. The SMILES string of the molecule is CC1CCN(c2cccc3c2CNCC3)C1. The first-order chi connectivity index (χ1) is 7.84. The first kappa shape index (κ1) is 10.2. The lowest BCUT2D eigenvalue weighted by Gasteiger charge is -2.26. The van der Waals surface area contributed by atoms with Gasteiger partial charge in [-0.25, -0.2) is 0 Å². The van der Waals surface area contributed by atoms with Gasteiger partial charge in [0, 0.05) is 25.3 Å². The molecular formula is C14H20N2. The van der Waals surface area contributed by atoms with Crippen LogP contribution in [0.3, 0.4) is 0 Å². The van der Waals surface area contributed by atoms with Crippen LogP contribution >= 0.6 is 0 Å². The zero-order valence-corrected chi connectivity index (χ0v) is 10.00. The zero-order chi connectivity index (χ0) is 11.0. The Morgan fingerprint density at radius 2 is 2.31 bits per heavy atom. The third-order valence-corrected chi connectivity index (χ3v) is 3.89. The number of nitrogens with zero attached hydrogens (tertiary/aromatic N) is 1. The normalized spacial score (nSPS) is 24.6. The quantitative estimate of drug-likeness (QED) is 0.774. The van der Waals surface area contributed by atoms with Gasteiger partial charge in [-0.3, -0.25) is 0 Å². The number of hydrogen-bond acceptors (Lipinski definition) is 2. The van der Waals surface area contributed by atoms with Crippen LogP contribution in [0.2, 0.25) is 0 Å². The Bertz CT molecular complexity index is 386. The maximum Gasteiger partial charge on any atom is 0.0414 e. The number of fused-ring (bicyclic) bond motifs is 1. The third kappa shape index (κ3) is 1.71. The average molecular weight is 216 g/mol. The summed E-state index contributed by atoms with van der Waals surface area (Å²) < 4.78 is 0. The molecule has 0 radical (unpaired) electrons. The summed E-state index contributed by atoms with van der Waals surface area (Å²) in [6, 6.07) is 6.81. The van der Waals surface area contributed by atoms with Gasteiger partial charge < -0.3 is 10.2 Å².